The molecule has 98 valence electrons. The molecule has 1 amide bonds. The van der Waals surface area contributed by atoms with Gasteiger partial charge in [0.05, 0.1) is 6.54 Å². The summed E-state index contributed by atoms with van der Waals surface area (Å²) in [5.41, 5.74) is 0. The van der Waals surface area contributed by atoms with Gasteiger partial charge in [0.25, 0.3) is 0 Å². The van der Waals surface area contributed by atoms with Crippen LogP contribution in [0.2, 0.25) is 0 Å². The Labute approximate surface area is 102 Å². The summed E-state index contributed by atoms with van der Waals surface area (Å²) in [6, 6.07) is 0. The van der Waals surface area contributed by atoms with Gasteiger partial charge in [-0.1, -0.05) is 0 Å². The Balaban J connectivity index is 2.39. The zero-order valence-corrected chi connectivity index (χ0v) is 10.7. The molecule has 0 saturated carbocycles. The van der Waals surface area contributed by atoms with Gasteiger partial charge in [0.2, 0.25) is 5.91 Å². The molecule has 1 heterocycles. The lowest BCUT2D eigenvalue weighted by Crippen LogP contribution is -2.43. The highest BCUT2D eigenvalue weighted by molar-refractivity contribution is 5.77. The van der Waals surface area contributed by atoms with Crippen LogP contribution in [-0.2, 0) is 9.59 Å². The molecule has 1 unspecified atom stereocenters. The third-order valence-corrected chi connectivity index (χ3v) is 3.33. The highest BCUT2D eigenvalue weighted by atomic mass is 16.4. The zero-order chi connectivity index (χ0) is 12.8. The van der Waals surface area contributed by atoms with Crippen LogP contribution < -0.4 is 0 Å². The molecule has 5 nitrogen and oxygen atoms in total. The second kappa shape index (κ2) is 6.59. The molecule has 1 aliphatic rings. The average molecular weight is 242 g/mol. The Morgan fingerprint density at radius 2 is 2.18 bits per heavy atom. The number of rotatable bonds is 5. The van der Waals surface area contributed by atoms with E-state index in [2.05, 4.69) is 4.90 Å². The van der Waals surface area contributed by atoms with Gasteiger partial charge in [-0.3, -0.25) is 14.5 Å². The number of nitrogens with zero attached hydrogens (tertiary/aromatic N) is 2. The van der Waals surface area contributed by atoms with E-state index in [9.17, 15) is 9.59 Å². The smallest absolute Gasteiger partial charge is 0.303 e. The van der Waals surface area contributed by atoms with Gasteiger partial charge in [-0.2, -0.15) is 0 Å². The first-order valence-electron chi connectivity index (χ1n) is 6.21. The summed E-state index contributed by atoms with van der Waals surface area (Å²) in [5.74, 6) is -0.432. The van der Waals surface area contributed by atoms with Gasteiger partial charge in [-0.05, 0) is 32.2 Å². The summed E-state index contributed by atoms with van der Waals surface area (Å²) in [5, 5.41) is 8.77. The lowest BCUT2D eigenvalue weighted by Gasteiger charge is -2.32. The minimum atomic E-state index is -0.742. The Bertz CT molecular complexity index is 281. The maximum Gasteiger partial charge on any atom is 0.303 e. The number of amides is 1. The predicted molar refractivity (Wildman–Crippen MR) is 64.7 cm³/mol. The van der Waals surface area contributed by atoms with Crippen molar-refractivity contribution in [3.63, 3.8) is 0 Å². The van der Waals surface area contributed by atoms with Crippen LogP contribution in [0, 0.1) is 5.92 Å². The van der Waals surface area contributed by atoms with Crippen LogP contribution in [0.15, 0.2) is 0 Å². The van der Waals surface area contributed by atoms with Crippen molar-refractivity contribution < 1.29 is 14.7 Å². The fourth-order valence-corrected chi connectivity index (χ4v) is 2.20. The normalized spacial score (nSPS) is 21.2. The number of hydrogen-bond donors (Lipinski definition) is 1. The number of likely N-dealkylation sites (tertiary alicyclic amines) is 1. The van der Waals surface area contributed by atoms with Crippen LogP contribution in [0.1, 0.15) is 26.2 Å². The Morgan fingerprint density at radius 1 is 1.47 bits per heavy atom. The van der Waals surface area contributed by atoms with Gasteiger partial charge >= 0.3 is 5.97 Å². The first-order valence-corrected chi connectivity index (χ1v) is 6.21. The van der Waals surface area contributed by atoms with E-state index in [0.29, 0.717) is 13.1 Å². The number of hydrogen-bond acceptors (Lipinski definition) is 3. The minimum Gasteiger partial charge on any atom is -0.481 e. The van der Waals surface area contributed by atoms with E-state index in [1.165, 1.54) is 0 Å². The van der Waals surface area contributed by atoms with Crippen LogP contribution in [0.4, 0.5) is 0 Å². The molecular weight excluding hydrogens is 220 g/mol. The number of carbonyl (C=O) groups excluding carboxylic acids is 1. The van der Waals surface area contributed by atoms with Gasteiger partial charge in [0.15, 0.2) is 0 Å². The van der Waals surface area contributed by atoms with Gasteiger partial charge in [0.1, 0.15) is 0 Å². The van der Waals surface area contributed by atoms with Gasteiger partial charge < -0.3 is 10.0 Å². The predicted octanol–water partition coefficient (Wildman–Crippen LogP) is 0.651. The summed E-state index contributed by atoms with van der Waals surface area (Å²) < 4.78 is 0. The summed E-state index contributed by atoms with van der Waals surface area (Å²) in [4.78, 5) is 26.2. The largest absolute Gasteiger partial charge is 0.481 e. The summed E-state index contributed by atoms with van der Waals surface area (Å²) in [7, 11) is 1.79. The molecule has 17 heavy (non-hydrogen) atoms. The van der Waals surface area contributed by atoms with Crippen molar-refractivity contribution in [3.05, 3.63) is 0 Å². The second-order valence-electron chi connectivity index (χ2n) is 4.75. The van der Waals surface area contributed by atoms with E-state index >= 15 is 0 Å². The Kier molecular flexibility index (Phi) is 5.41. The van der Waals surface area contributed by atoms with Gasteiger partial charge in [-0.25, -0.2) is 0 Å². The lowest BCUT2D eigenvalue weighted by atomic mass is 9.95. The molecule has 1 rings (SSSR count). The molecule has 0 radical (unpaired) electrons. The average Bonchev–Trinajstić information content (AvgIpc) is 2.27. The van der Waals surface area contributed by atoms with Crippen molar-refractivity contribution in [1.29, 1.82) is 0 Å². The lowest BCUT2D eigenvalue weighted by molar-refractivity contribution is -0.138. The number of carboxylic acid groups (broad SMARTS) is 1. The Hall–Kier alpha value is -1.10. The number of piperidine rings is 1. The van der Waals surface area contributed by atoms with Gasteiger partial charge in [-0.15, -0.1) is 0 Å². The summed E-state index contributed by atoms with van der Waals surface area (Å²) >= 11 is 0. The van der Waals surface area contributed by atoms with Crippen molar-refractivity contribution in [3.8, 4) is 0 Å². The van der Waals surface area contributed by atoms with Crippen LogP contribution in [0.3, 0.4) is 0 Å². The monoisotopic (exact) mass is 242 g/mol. The molecule has 0 bridgehead atoms. The molecule has 1 N–H and O–H groups in total. The third kappa shape index (κ3) is 4.73. The van der Waals surface area contributed by atoms with Crippen LogP contribution in [-0.4, -0.2) is 60.0 Å². The quantitative estimate of drug-likeness (QED) is 0.769. The van der Waals surface area contributed by atoms with Crippen molar-refractivity contribution >= 4 is 11.9 Å². The van der Waals surface area contributed by atoms with E-state index in [1.54, 1.807) is 11.9 Å². The first kappa shape index (κ1) is 14.0. The van der Waals surface area contributed by atoms with E-state index in [4.69, 9.17) is 5.11 Å². The van der Waals surface area contributed by atoms with Crippen molar-refractivity contribution in [2.75, 3.05) is 33.2 Å². The fourth-order valence-electron chi connectivity index (χ4n) is 2.20. The van der Waals surface area contributed by atoms with E-state index in [-0.39, 0.29) is 18.2 Å². The number of aliphatic carboxylic acids is 1. The molecule has 0 aliphatic carbocycles. The van der Waals surface area contributed by atoms with Crippen molar-refractivity contribution in [2.24, 2.45) is 5.92 Å². The Morgan fingerprint density at radius 3 is 2.76 bits per heavy atom. The van der Waals surface area contributed by atoms with Gasteiger partial charge in [0, 0.05) is 26.6 Å². The third-order valence-electron chi connectivity index (χ3n) is 3.33. The SMILES string of the molecule is CCN(C)C(=O)CN1CCCC(CC(=O)O)C1. The molecule has 1 saturated heterocycles. The molecule has 1 aliphatic heterocycles. The van der Waals surface area contributed by atoms with Crippen LogP contribution in [0.25, 0.3) is 0 Å². The van der Waals surface area contributed by atoms with Crippen molar-refractivity contribution in [2.45, 2.75) is 26.2 Å². The number of likely N-dealkylation sites (N-methyl/N-ethyl adjacent to an activating group) is 1. The van der Waals surface area contributed by atoms with E-state index in [1.807, 2.05) is 6.92 Å². The standard InChI is InChI=1S/C12H22N2O3/c1-3-13(2)11(15)9-14-6-4-5-10(8-14)7-12(16)17/h10H,3-9H2,1-2H3,(H,16,17). The number of carbonyl (C=O) groups is 2. The van der Waals surface area contributed by atoms with Crippen LogP contribution in [0.5, 0.6) is 0 Å². The highest BCUT2D eigenvalue weighted by Crippen LogP contribution is 2.19. The molecule has 5 heteroatoms. The summed E-state index contributed by atoms with van der Waals surface area (Å²) in [6.45, 7) is 4.71. The first-order chi connectivity index (χ1) is 8.02. The topological polar surface area (TPSA) is 60.9 Å². The molecule has 0 aromatic heterocycles. The molecule has 0 aromatic rings. The highest BCUT2D eigenvalue weighted by Gasteiger charge is 2.23. The molecule has 0 spiro atoms. The molecular formula is C12H22N2O3. The van der Waals surface area contributed by atoms with E-state index in [0.717, 1.165) is 25.9 Å². The number of carboxylic acids is 1. The van der Waals surface area contributed by atoms with Crippen LogP contribution >= 0.6 is 0 Å². The molecule has 1 fully saturated rings. The van der Waals surface area contributed by atoms with Crippen molar-refractivity contribution in [1.82, 2.24) is 9.80 Å². The van der Waals surface area contributed by atoms with E-state index < -0.39 is 5.97 Å². The summed E-state index contributed by atoms with van der Waals surface area (Å²) in [6.07, 6.45) is 2.16. The fraction of sp³-hybridized carbons (Fsp3) is 0.833. The maximum atomic E-state index is 11.7. The molecule has 0 aromatic carbocycles. The maximum absolute atomic E-state index is 11.7. The molecule has 1 atom stereocenters. The zero-order valence-electron chi connectivity index (χ0n) is 10.7. The second-order valence-corrected chi connectivity index (χ2v) is 4.75. The minimum absolute atomic E-state index is 0.114.